The third kappa shape index (κ3) is 1.71. The molecule has 3 nitrogen and oxygen atoms in total. The Hall–Kier alpha value is -1.51. The summed E-state index contributed by atoms with van der Waals surface area (Å²) in [7, 11) is 0. The number of carbonyl (C=O) groups excluding carboxylic acids is 1. The van der Waals surface area contributed by atoms with E-state index in [1.165, 1.54) is 0 Å². The molecule has 0 fully saturated rings. The number of fused-ring (bicyclic) bond motifs is 1. The van der Waals surface area contributed by atoms with Crippen LogP contribution in [0, 0.1) is 0 Å². The van der Waals surface area contributed by atoms with Crippen molar-refractivity contribution in [1.29, 1.82) is 0 Å². The molecule has 1 heterocycles. The Bertz CT molecular complexity index is 346. The molecule has 0 aliphatic carbocycles. The molecule has 0 bridgehead atoms. The number of carboxylic acid groups (broad SMARTS) is 1. The maximum atomic E-state index is 10.5. The Morgan fingerprint density at radius 2 is 2.29 bits per heavy atom. The Labute approximate surface area is 82.3 Å². The summed E-state index contributed by atoms with van der Waals surface area (Å²) >= 11 is 0. The average molecular weight is 191 g/mol. The van der Waals surface area contributed by atoms with Crippen LogP contribution in [-0.4, -0.2) is 12.6 Å². The zero-order chi connectivity index (χ0) is 9.97. The van der Waals surface area contributed by atoms with Gasteiger partial charge in [-0.05, 0) is 30.4 Å². The first-order valence-corrected chi connectivity index (χ1v) is 4.69. The van der Waals surface area contributed by atoms with E-state index in [1.807, 2.05) is 24.3 Å². The fourth-order valence-corrected chi connectivity index (χ4v) is 1.83. The van der Waals surface area contributed by atoms with Crippen molar-refractivity contribution < 1.29 is 14.6 Å². The van der Waals surface area contributed by atoms with Gasteiger partial charge in [0, 0.05) is 5.97 Å². The van der Waals surface area contributed by atoms with Crippen molar-refractivity contribution >= 4 is 5.97 Å². The molecule has 0 saturated heterocycles. The van der Waals surface area contributed by atoms with Crippen LogP contribution in [0.4, 0.5) is 0 Å². The first-order chi connectivity index (χ1) is 6.77. The van der Waals surface area contributed by atoms with E-state index in [-0.39, 0.29) is 12.3 Å². The Balaban J connectivity index is 2.26. The number of hydrogen-bond acceptors (Lipinski definition) is 3. The summed E-state index contributed by atoms with van der Waals surface area (Å²) in [6, 6.07) is 7.58. The van der Waals surface area contributed by atoms with Crippen molar-refractivity contribution in [1.82, 2.24) is 0 Å². The summed E-state index contributed by atoms with van der Waals surface area (Å²) < 4.78 is 5.42. The molecule has 0 aromatic heterocycles. The zero-order valence-corrected chi connectivity index (χ0v) is 7.73. The van der Waals surface area contributed by atoms with Gasteiger partial charge in [0.15, 0.2) is 0 Å². The molecule has 14 heavy (non-hydrogen) atoms. The lowest BCUT2D eigenvalue weighted by Crippen LogP contribution is -2.26. The minimum atomic E-state index is -0.994. The van der Waals surface area contributed by atoms with Gasteiger partial charge in [-0.1, -0.05) is 18.2 Å². The van der Waals surface area contributed by atoms with Crippen molar-refractivity contribution in [2.75, 3.05) is 6.61 Å². The number of aliphatic carboxylic acids is 1. The van der Waals surface area contributed by atoms with Crippen LogP contribution in [0.3, 0.4) is 0 Å². The van der Waals surface area contributed by atoms with Crippen LogP contribution in [-0.2, 0) is 4.79 Å². The van der Waals surface area contributed by atoms with E-state index < -0.39 is 5.97 Å². The van der Waals surface area contributed by atoms with Gasteiger partial charge in [0.25, 0.3) is 0 Å². The van der Waals surface area contributed by atoms with E-state index in [4.69, 9.17) is 4.74 Å². The summed E-state index contributed by atoms with van der Waals surface area (Å²) in [6.45, 7) is 0.592. The molecule has 1 aliphatic heterocycles. The normalized spacial score (nSPS) is 19.6. The molecule has 0 N–H and O–H groups in total. The summed E-state index contributed by atoms with van der Waals surface area (Å²) in [5.41, 5.74) is 0.989. The van der Waals surface area contributed by atoms with Crippen LogP contribution in [0.25, 0.3) is 0 Å². The molecular weight excluding hydrogens is 180 g/mol. The molecule has 0 radical (unpaired) electrons. The molecule has 1 aromatic carbocycles. The summed E-state index contributed by atoms with van der Waals surface area (Å²) in [6.07, 6.45) is 0.839. The summed E-state index contributed by atoms with van der Waals surface area (Å²) in [5.74, 6) is -0.137. The van der Waals surface area contributed by atoms with Crippen molar-refractivity contribution in [3.05, 3.63) is 29.8 Å². The van der Waals surface area contributed by atoms with E-state index >= 15 is 0 Å². The minimum absolute atomic E-state index is 0.0462. The third-order valence-electron chi connectivity index (χ3n) is 2.50. The van der Waals surface area contributed by atoms with Gasteiger partial charge in [-0.3, -0.25) is 0 Å². The van der Waals surface area contributed by atoms with Crippen molar-refractivity contribution in [2.24, 2.45) is 0 Å². The van der Waals surface area contributed by atoms with Crippen LogP contribution < -0.4 is 9.84 Å². The lowest BCUT2D eigenvalue weighted by molar-refractivity contribution is -0.306. The Kier molecular flexibility index (Phi) is 2.39. The second-order valence-electron chi connectivity index (χ2n) is 3.45. The predicted octanol–water partition coefficient (Wildman–Crippen LogP) is 0.693. The van der Waals surface area contributed by atoms with Crippen LogP contribution in [0.15, 0.2) is 24.3 Å². The van der Waals surface area contributed by atoms with Gasteiger partial charge in [-0.2, -0.15) is 0 Å². The lowest BCUT2D eigenvalue weighted by atomic mass is 9.90. The van der Waals surface area contributed by atoms with Gasteiger partial charge in [0.2, 0.25) is 0 Å². The molecule has 1 aliphatic rings. The molecule has 74 valence electrons. The van der Waals surface area contributed by atoms with Crippen LogP contribution in [0.5, 0.6) is 5.75 Å². The second-order valence-corrected chi connectivity index (χ2v) is 3.45. The monoisotopic (exact) mass is 191 g/mol. The van der Waals surface area contributed by atoms with Gasteiger partial charge in [-0.25, -0.2) is 0 Å². The van der Waals surface area contributed by atoms with Crippen molar-refractivity contribution in [3.63, 3.8) is 0 Å². The lowest BCUT2D eigenvalue weighted by Gasteiger charge is -2.25. The van der Waals surface area contributed by atoms with Gasteiger partial charge in [-0.15, -0.1) is 0 Å². The van der Waals surface area contributed by atoms with Crippen LogP contribution in [0.2, 0.25) is 0 Å². The molecular formula is C11H11O3-. The average Bonchev–Trinajstić information content (AvgIpc) is 2.18. The molecule has 0 saturated carbocycles. The van der Waals surface area contributed by atoms with Gasteiger partial charge in [0.1, 0.15) is 5.75 Å². The number of hydrogen-bond donors (Lipinski definition) is 0. The smallest absolute Gasteiger partial charge is 0.122 e. The van der Waals surface area contributed by atoms with Gasteiger partial charge >= 0.3 is 0 Å². The van der Waals surface area contributed by atoms with Gasteiger partial charge in [0.05, 0.1) is 6.61 Å². The molecule has 1 atom stereocenters. The van der Waals surface area contributed by atoms with E-state index in [1.54, 1.807) is 0 Å². The minimum Gasteiger partial charge on any atom is -0.550 e. The molecule has 2 rings (SSSR count). The largest absolute Gasteiger partial charge is 0.550 e. The number of carbonyl (C=O) groups is 1. The van der Waals surface area contributed by atoms with Crippen molar-refractivity contribution in [3.8, 4) is 5.75 Å². The number of carboxylic acids is 1. The number of rotatable bonds is 2. The SMILES string of the molecule is O=C([O-])CC1CCOc2ccccc21. The van der Waals surface area contributed by atoms with Crippen LogP contribution in [0.1, 0.15) is 24.3 Å². The molecule has 0 spiro atoms. The Morgan fingerprint density at radius 1 is 1.50 bits per heavy atom. The first kappa shape index (κ1) is 9.06. The predicted molar refractivity (Wildman–Crippen MR) is 48.9 cm³/mol. The molecule has 0 amide bonds. The highest BCUT2D eigenvalue weighted by Gasteiger charge is 2.20. The third-order valence-corrected chi connectivity index (χ3v) is 2.50. The zero-order valence-electron chi connectivity index (χ0n) is 7.73. The molecule has 3 heteroatoms. The number of benzene rings is 1. The quantitative estimate of drug-likeness (QED) is 0.691. The maximum absolute atomic E-state index is 10.5. The highest BCUT2D eigenvalue weighted by Crippen LogP contribution is 2.34. The first-order valence-electron chi connectivity index (χ1n) is 4.69. The summed E-state index contributed by atoms with van der Waals surface area (Å²) in [5, 5.41) is 10.5. The highest BCUT2D eigenvalue weighted by atomic mass is 16.5. The van der Waals surface area contributed by atoms with E-state index in [2.05, 4.69) is 0 Å². The van der Waals surface area contributed by atoms with Crippen molar-refractivity contribution in [2.45, 2.75) is 18.8 Å². The number of ether oxygens (including phenoxy) is 1. The van der Waals surface area contributed by atoms with Crippen LogP contribution >= 0.6 is 0 Å². The number of para-hydroxylation sites is 1. The standard InChI is InChI=1S/C11H12O3/c12-11(13)7-8-5-6-14-10-4-2-1-3-9(8)10/h1-4,8H,5-7H2,(H,12,13)/p-1. The van der Waals surface area contributed by atoms with E-state index in [0.717, 1.165) is 17.7 Å². The van der Waals surface area contributed by atoms with Gasteiger partial charge < -0.3 is 14.6 Å². The van der Waals surface area contributed by atoms with E-state index in [9.17, 15) is 9.90 Å². The topological polar surface area (TPSA) is 49.4 Å². The Morgan fingerprint density at radius 3 is 3.07 bits per heavy atom. The highest BCUT2D eigenvalue weighted by molar-refractivity contribution is 5.66. The fourth-order valence-electron chi connectivity index (χ4n) is 1.83. The maximum Gasteiger partial charge on any atom is 0.122 e. The molecule has 1 unspecified atom stereocenters. The van der Waals surface area contributed by atoms with E-state index in [0.29, 0.717) is 6.61 Å². The fraction of sp³-hybridized carbons (Fsp3) is 0.364. The second kappa shape index (κ2) is 3.70. The summed E-state index contributed by atoms with van der Waals surface area (Å²) in [4.78, 5) is 10.5. The molecule has 1 aromatic rings.